The monoisotopic (exact) mass is 352 g/mol. The third kappa shape index (κ3) is 5.31. The quantitative estimate of drug-likeness (QED) is 0.186. The van der Waals surface area contributed by atoms with Crippen molar-refractivity contribution in [2.24, 2.45) is 0 Å². The number of non-ortho nitro benzene ring substituents is 1. The molecule has 0 amide bonds. The van der Waals surface area contributed by atoms with Crippen LogP contribution in [0.2, 0.25) is 0 Å². The van der Waals surface area contributed by atoms with Gasteiger partial charge in [-0.05, 0) is 42.3 Å². The van der Waals surface area contributed by atoms with Gasteiger partial charge in [0.05, 0.1) is 4.92 Å². The molecule has 0 N–H and O–H groups in total. The van der Waals surface area contributed by atoms with Gasteiger partial charge >= 0.3 is 5.97 Å². The van der Waals surface area contributed by atoms with Crippen LogP contribution >= 0.6 is 0 Å². The Bertz CT molecular complexity index is 824. The number of anilines is 1. The molecule has 0 saturated carbocycles. The molecule has 2 aromatic carbocycles. The minimum atomic E-state index is -0.420. The molecule has 0 radical (unpaired) electrons. The van der Waals surface area contributed by atoms with Crippen molar-refractivity contribution in [1.29, 1.82) is 0 Å². The van der Waals surface area contributed by atoms with Crippen LogP contribution in [0.25, 0.3) is 12.2 Å². The molecule has 0 spiro atoms. The van der Waals surface area contributed by atoms with E-state index in [1.54, 1.807) is 19.1 Å². The first kappa shape index (κ1) is 18.9. The molecule has 2 rings (SSSR count). The van der Waals surface area contributed by atoms with E-state index in [0.29, 0.717) is 5.57 Å². The standard InChI is InChI=1S/C20H20N2O4/c1-15(2)20(23)26-14-21(3)18-10-6-16(7-11-18)4-5-17-8-12-19(13-9-17)22(24)25/h4-13H,1,14H2,2-3H3. The van der Waals surface area contributed by atoms with Gasteiger partial charge in [0.25, 0.3) is 5.69 Å². The molecule has 134 valence electrons. The van der Waals surface area contributed by atoms with Gasteiger partial charge < -0.3 is 9.64 Å². The lowest BCUT2D eigenvalue weighted by Gasteiger charge is -2.19. The Morgan fingerprint density at radius 2 is 1.62 bits per heavy atom. The summed E-state index contributed by atoms with van der Waals surface area (Å²) in [6.45, 7) is 5.29. The van der Waals surface area contributed by atoms with Crippen molar-refractivity contribution in [2.75, 3.05) is 18.7 Å². The SMILES string of the molecule is C=C(C)C(=O)OCN(C)c1ccc(C=Cc2ccc([N+](=O)[O-])cc2)cc1. The first-order valence-electron chi connectivity index (χ1n) is 7.93. The summed E-state index contributed by atoms with van der Waals surface area (Å²) in [5.74, 6) is -0.417. The van der Waals surface area contributed by atoms with Crippen LogP contribution in [0.1, 0.15) is 18.1 Å². The minimum absolute atomic E-state index is 0.0712. The number of hydrogen-bond donors (Lipinski definition) is 0. The molecule has 2 aromatic rings. The summed E-state index contributed by atoms with van der Waals surface area (Å²) in [7, 11) is 1.83. The van der Waals surface area contributed by atoms with Gasteiger partial charge in [0.2, 0.25) is 0 Å². The second kappa shape index (κ2) is 8.62. The normalized spacial score (nSPS) is 10.5. The zero-order valence-corrected chi connectivity index (χ0v) is 14.7. The van der Waals surface area contributed by atoms with Crippen molar-refractivity contribution in [3.63, 3.8) is 0 Å². The maximum absolute atomic E-state index is 11.4. The van der Waals surface area contributed by atoms with E-state index in [0.717, 1.165) is 16.8 Å². The number of nitro benzene ring substituents is 1. The molecule has 0 unspecified atom stereocenters. The Balaban J connectivity index is 1.97. The molecule has 6 nitrogen and oxygen atoms in total. The third-order valence-corrected chi connectivity index (χ3v) is 3.64. The molecule has 6 heteroatoms. The van der Waals surface area contributed by atoms with Crippen molar-refractivity contribution < 1.29 is 14.5 Å². The van der Waals surface area contributed by atoms with Crippen molar-refractivity contribution in [2.45, 2.75) is 6.92 Å². The fourth-order valence-electron chi connectivity index (χ4n) is 2.09. The number of nitrogens with zero attached hydrogens (tertiary/aromatic N) is 2. The van der Waals surface area contributed by atoms with Crippen molar-refractivity contribution in [3.8, 4) is 0 Å². The molecule has 0 aliphatic rings. The highest BCUT2D eigenvalue weighted by Gasteiger charge is 2.06. The van der Waals surface area contributed by atoms with E-state index >= 15 is 0 Å². The fourth-order valence-corrected chi connectivity index (χ4v) is 2.09. The summed E-state index contributed by atoms with van der Waals surface area (Å²) in [5.41, 5.74) is 3.21. The van der Waals surface area contributed by atoms with E-state index in [9.17, 15) is 14.9 Å². The van der Waals surface area contributed by atoms with E-state index in [-0.39, 0.29) is 12.4 Å². The predicted octanol–water partition coefficient (Wildman–Crippen LogP) is 4.28. The summed E-state index contributed by atoms with van der Waals surface area (Å²) < 4.78 is 5.11. The van der Waals surface area contributed by atoms with Crippen LogP contribution in [0.4, 0.5) is 11.4 Å². The maximum atomic E-state index is 11.4. The van der Waals surface area contributed by atoms with Gasteiger partial charge in [-0.3, -0.25) is 10.1 Å². The summed E-state index contributed by atoms with van der Waals surface area (Å²) in [6.07, 6.45) is 3.81. The Labute approximate surface area is 152 Å². The third-order valence-electron chi connectivity index (χ3n) is 3.64. The number of carbonyl (C=O) groups is 1. The van der Waals surface area contributed by atoms with Gasteiger partial charge in [-0.2, -0.15) is 0 Å². The number of esters is 1. The smallest absolute Gasteiger partial charge is 0.334 e. The Kier molecular flexibility index (Phi) is 6.27. The van der Waals surface area contributed by atoms with Gasteiger partial charge in [-0.25, -0.2) is 4.79 Å². The van der Waals surface area contributed by atoms with Crippen LogP contribution in [0.5, 0.6) is 0 Å². The maximum Gasteiger partial charge on any atom is 0.334 e. The van der Waals surface area contributed by atoms with E-state index in [1.165, 1.54) is 12.1 Å². The van der Waals surface area contributed by atoms with Crippen LogP contribution in [0.3, 0.4) is 0 Å². The van der Waals surface area contributed by atoms with Crippen molar-refractivity contribution in [3.05, 3.63) is 81.9 Å². The Morgan fingerprint density at radius 3 is 2.08 bits per heavy atom. The number of carbonyl (C=O) groups excluding carboxylic acids is 1. The molecular weight excluding hydrogens is 332 g/mol. The lowest BCUT2D eigenvalue weighted by molar-refractivity contribution is -0.384. The van der Waals surface area contributed by atoms with Gasteiger partial charge in [-0.15, -0.1) is 0 Å². The predicted molar refractivity (Wildman–Crippen MR) is 103 cm³/mol. The fraction of sp³-hybridized carbons (Fsp3) is 0.150. The first-order valence-corrected chi connectivity index (χ1v) is 7.93. The number of nitro groups is 1. The summed E-state index contributed by atoms with van der Waals surface area (Å²) in [6, 6.07) is 14.1. The topological polar surface area (TPSA) is 72.7 Å². The van der Waals surface area contributed by atoms with Crippen molar-refractivity contribution in [1.82, 2.24) is 0 Å². The number of benzene rings is 2. The molecule has 0 aliphatic heterocycles. The molecule has 0 bridgehead atoms. The highest BCUT2D eigenvalue weighted by molar-refractivity contribution is 5.87. The highest BCUT2D eigenvalue weighted by atomic mass is 16.6. The summed E-state index contributed by atoms with van der Waals surface area (Å²) in [5, 5.41) is 10.6. The molecule has 0 atom stereocenters. The van der Waals surface area contributed by atoms with Crippen LogP contribution in [-0.2, 0) is 9.53 Å². The van der Waals surface area contributed by atoms with Gasteiger partial charge in [0.15, 0.2) is 6.73 Å². The lowest BCUT2D eigenvalue weighted by Crippen LogP contribution is -2.23. The minimum Gasteiger partial charge on any atom is -0.441 e. The zero-order chi connectivity index (χ0) is 19.1. The van der Waals surface area contributed by atoms with E-state index < -0.39 is 10.9 Å². The van der Waals surface area contributed by atoms with Crippen molar-refractivity contribution >= 4 is 29.5 Å². The van der Waals surface area contributed by atoms with Crippen LogP contribution in [-0.4, -0.2) is 24.7 Å². The van der Waals surface area contributed by atoms with Crippen LogP contribution < -0.4 is 4.90 Å². The Hall–Kier alpha value is -3.41. The summed E-state index contributed by atoms with van der Waals surface area (Å²) in [4.78, 5) is 23.5. The van der Waals surface area contributed by atoms with Gasteiger partial charge in [0, 0.05) is 30.4 Å². The van der Waals surface area contributed by atoms with Crippen LogP contribution in [0.15, 0.2) is 60.7 Å². The number of hydrogen-bond acceptors (Lipinski definition) is 5. The average Bonchev–Trinajstić information content (AvgIpc) is 2.64. The molecule has 0 fully saturated rings. The lowest BCUT2D eigenvalue weighted by atomic mass is 10.1. The zero-order valence-electron chi connectivity index (χ0n) is 14.7. The average molecular weight is 352 g/mol. The molecule has 0 saturated heterocycles. The number of ether oxygens (including phenoxy) is 1. The van der Waals surface area contributed by atoms with E-state index in [2.05, 4.69) is 6.58 Å². The molecule has 0 heterocycles. The van der Waals surface area contributed by atoms with Crippen LogP contribution in [0, 0.1) is 10.1 Å². The van der Waals surface area contributed by atoms with E-state index in [4.69, 9.17) is 4.74 Å². The van der Waals surface area contributed by atoms with E-state index in [1.807, 2.05) is 48.4 Å². The first-order chi connectivity index (χ1) is 12.4. The molecule has 0 aromatic heterocycles. The molecule has 0 aliphatic carbocycles. The highest BCUT2D eigenvalue weighted by Crippen LogP contribution is 2.17. The van der Waals surface area contributed by atoms with Gasteiger partial charge in [-0.1, -0.05) is 30.9 Å². The second-order valence-corrected chi connectivity index (χ2v) is 5.81. The Morgan fingerprint density at radius 1 is 1.12 bits per heavy atom. The van der Waals surface area contributed by atoms with Gasteiger partial charge in [0.1, 0.15) is 0 Å². The number of rotatable bonds is 7. The second-order valence-electron chi connectivity index (χ2n) is 5.81. The summed E-state index contributed by atoms with van der Waals surface area (Å²) >= 11 is 0. The molecule has 26 heavy (non-hydrogen) atoms. The molecular formula is C20H20N2O4. The largest absolute Gasteiger partial charge is 0.441 e.